The van der Waals surface area contributed by atoms with Crippen molar-refractivity contribution < 1.29 is 22.7 Å². The van der Waals surface area contributed by atoms with Crippen LogP contribution in [0.2, 0.25) is 0 Å². The second-order valence-electron chi connectivity index (χ2n) is 7.43. The number of carbonyl (C=O) groups is 1. The van der Waals surface area contributed by atoms with E-state index in [0.29, 0.717) is 41.1 Å². The van der Waals surface area contributed by atoms with Crippen molar-refractivity contribution >= 4 is 48.3 Å². The van der Waals surface area contributed by atoms with E-state index < -0.39 is 10.0 Å². The van der Waals surface area contributed by atoms with E-state index >= 15 is 0 Å². The lowest BCUT2D eigenvalue weighted by atomic mass is 10.2. The minimum Gasteiger partial charge on any atom is -0.486 e. The second kappa shape index (κ2) is 8.38. The first-order chi connectivity index (χ1) is 15.9. The topological polar surface area (TPSA) is 107 Å². The van der Waals surface area contributed by atoms with Crippen LogP contribution in [0.25, 0.3) is 10.2 Å². The molecule has 3 aromatic carbocycles. The summed E-state index contributed by atoms with van der Waals surface area (Å²) in [5.41, 5.74) is 2.66. The van der Waals surface area contributed by atoms with Crippen LogP contribution < -0.4 is 19.5 Å². The molecule has 0 fully saturated rings. The van der Waals surface area contributed by atoms with Gasteiger partial charge in [0.1, 0.15) is 13.2 Å². The Morgan fingerprint density at radius 3 is 2.52 bits per heavy atom. The average molecular weight is 482 g/mol. The molecule has 10 heteroatoms. The number of aryl methyl sites for hydroxylation is 1. The van der Waals surface area contributed by atoms with Gasteiger partial charge in [-0.2, -0.15) is 0 Å². The highest BCUT2D eigenvalue weighted by Gasteiger charge is 2.20. The van der Waals surface area contributed by atoms with E-state index in [1.165, 1.54) is 35.6 Å². The number of aromatic nitrogens is 1. The predicted molar refractivity (Wildman–Crippen MR) is 127 cm³/mol. The zero-order valence-electron chi connectivity index (χ0n) is 17.5. The van der Waals surface area contributed by atoms with Crippen LogP contribution in [0, 0.1) is 6.92 Å². The first kappa shape index (κ1) is 21.2. The van der Waals surface area contributed by atoms with Crippen molar-refractivity contribution in [1.82, 2.24) is 4.98 Å². The lowest BCUT2D eigenvalue weighted by Gasteiger charge is -2.19. The number of rotatable bonds is 5. The van der Waals surface area contributed by atoms with Gasteiger partial charge in [0.15, 0.2) is 16.6 Å². The molecule has 1 amide bonds. The monoisotopic (exact) mass is 481 g/mol. The summed E-state index contributed by atoms with van der Waals surface area (Å²) in [5.74, 6) is 0.576. The molecule has 33 heavy (non-hydrogen) atoms. The van der Waals surface area contributed by atoms with E-state index in [9.17, 15) is 13.2 Å². The summed E-state index contributed by atoms with van der Waals surface area (Å²) in [6.45, 7) is 2.79. The normalized spacial score (nSPS) is 13.0. The lowest BCUT2D eigenvalue weighted by Crippen LogP contribution is -2.17. The molecule has 0 aliphatic carbocycles. The fourth-order valence-electron chi connectivity index (χ4n) is 3.35. The van der Waals surface area contributed by atoms with Crippen molar-refractivity contribution in [2.24, 2.45) is 0 Å². The molecule has 5 rings (SSSR count). The maximum atomic E-state index is 12.8. The van der Waals surface area contributed by atoms with Crippen molar-refractivity contribution in [3.05, 3.63) is 71.8 Å². The molecule has 8 nitrogen and oxygen atoms in total. The Hall–Kier alpha value is -3.63. The number of nitrogens with one attached hydrogen (secondary N) is 2. The van der Waals surface area contributed by atoms with Gasteiger partial charge in [-0.3, -0.25) is 14.8 Å². The molecule has 0 radical (unpaired) electrons. The molecule has 0 atom stereocenters. The highest BCUT2D eigenvalue weighted by Crippen LogP contribution is 2.33. The molecular formula is C23H19N3O5S2. The summed E-state index contributed by atoms with van der Waals surface area (Å²) in [4.78, 5) is 17.1. The van der Waals surface area contributed by atoms with E-state index in [1.54, 1.807) is 18.2 Å². The van der Waals surface area contributed by atoms with Gasteiger partial charge in [0.05, 0.1) is 15.1 Å². The molecule has 0 unspecified atom stereocenters. The first-order valence-corrected chi connectivity index (χ1v) is 12.4. The highest BCUT2D eigenvalue weighted by atomic mass is 32.2. The second-order valence-corrected chi connectivity index (χ2v) is 10.1. The van der Waals surface area contributed by atoms with E-state index in [-0.39, 0.29) is 10.8 Å². The van der Waals surface area contributed by atoms with Gasteiger partial charge in [0, 0.05) is 17.3 Å². The Kier molecular flexibility index (Phi) is 5.39. The lowest BCUT2D eigenvalue weighted by molar-refractivity contribution is 0.102. The smallest absolute Gasteiger partial charge is 0.262 e. The van der Waals surface area contributed by atoms with E-state index in [4.69, 9.17) is 9.47 Å². The molecular weight excluding hydrogens is 462 g/mol. The van der Waals surface area contributed by atoms with Gasteiger partial charge in [-0.05, 0) is 61.0 Å². The number of nitrogens with zero attached hydrogens (tertiary/aromatic N) is 1. The summed E-state index contributed by atoms with van der Waals surface area (Å²) in [7, 11) is -3.84. The Balaban J connectivity index is 1.29. The summed E-state index contributed by atoms with van der Waals surface area (Å²) in [6.07, 6.45) is 0. The van der Waals surface area contributed by atoms with Gasteiger partial charge < -0.3 is 9.47 Å². The first-order valence-electron chi connectivity index (χ1n) is 10.1. The summed E-state index contributed by atoms with van der Waals surface area (Å²) >= 11 is 1.40. The van der Waals surface area contributed by atoms with E-state index in [2.05, 4.69) is 15.0 Å². The highest BCUT2D eigenvalue weighted by molar-refractivity contribution is 7.92. The van der Waals surface area contributed by atoms with Gasteiger partial charge in [0.2, 0.25) is 0 Å². The quantitative estimate of drug-likeness (QED) is 0.437. The Labute approximate surface area is 194 Å². The number of carbonyl (C=O) groups excluding carboxylic acids is 1. The fraction of sp³-hybridized carbons (Fsp3) is 0.130. The molecule has 4 aromatic rings. The predicted octanol–water partition coefficient (Wildman–Crippen LogP) is 4.43. The van der Waals surface area contributed by atoms with Gasteiger partial charge in [-0.1, -0.05) is 17.4 Å². The van der Waals surface area contributed by atoms with Gasteiger partial charge in [-0.15, -0.1) is 0 Å². The van der Waals surface area contributed by atoms with Crippen LogP contribution in [-0.2, 0) is 10.0 Å². The SMILES string of the molecule is Cc1ccc2nc(NC(=O)c3ccc(NS(=O)(=O)c4ccc5c(c4)OCCO5)cc3)sc2c1. The van der Waals surface area contributed by atoms with Crippen LogP contribution in [-0.4, -0.2) is 32.5 Å². The summed E-state index contributed by atoms with van der Waals surface area (Å²) < 4.78 is 39.9. The largest absolute Gasteiger partial charge is 0.486 e. The average Bonchev–Trinajstić information content (AvgIpc) is 3.20. The molecule has 2 heterocycles. The standard InChI is InChI=1S/C23H19N3O5S2/c1-14-2-8-18-21(12-14)32-23(24-18)25-22(27)15-3-5-16(6-4-15)26-33(28,29)17-7-9-19-20(13-17)31-11-10-30-19/h2-9,12-13,26H,10-11H2,1H3,(H,24,25,27). The molecule has 168 valence electrons. The van der Waals surface area contributed by atoms with Crippen LogP contribution >= 0.6 is 11.3 Å². The maximum absolute atomic E-state index is 12.8. The van der Waals surface area contributed by atoms with Crippen molar-refractivity contribution in [3.63, 3.8) is 0 Å². The Bertz CT molecular complexity index is 1460. The molecule has 1 aliphatic heterocycles. The summed E-state index contributed by atoms with van der Waals surface area (Å²) in [5, 5.41) is 3.30. The molecule has 0 saturated heterocycles. The zero-order valence-corrected chi connectivity index (χ0v) is 19.1. The number of benzene rings is 3. The molecule has 1 aromatic heterocycles. The van der Waals surface area contributed by atoms with Gasteiger partial charge in [-0.25, -0.2) is 13.4 Å². The number of hydrogen-bond donors (Lipinski definition) is 2. The Morgan fingerprint density at radius 1 is 0.970 bits per heavy atom. The fourth-order valence-corrected chi connectivity index (χ4v) is 5.38. The third-order valence-corrected chi connectivity index (χ3v) is 7.30. The number of hydrogen-bond acceptors (Lipinski definition) is 7. The Morgan fingerprint density at radius 2 is 1.73 bits per heavy atom. The third kappa shape index (κ3) is 4.48. The van der Waals surface area contributed by atoms with Crippen LogP contribution in [0.1, 0.15) is 15.9 Å². The van der Waals surface area contributed by atoms with Crippen molar-refractivity contribution in [2.75, 3.05) is 23.3 Å². The van der Waals surface area contributed by atoms with Crippen LogP contribution in [0.5, 0.6) is 11.5 Å². The van der Waals surface area contributed by atoms with E-state index in [0.717, 1.165) is 15.8 Å². The number of amides is 1. The van der Waals surface area contributed by atoms with Crippen molar-refractivity contribution in [3.8, 4) is 11.5 Å². The number of thiazole rings is 1. The van der Waals surface area contributed by atoms with Crippen LogP contribution in [0.15, 0.2) is 65.6 Å². The molecule has 0 saturated carbocycles. The number of ether oxygens (including phenoxy) is 2. The van der Waals surface area contributed by atoms with E-state index in [1.807, 2.05) is 25.1 Å². The van der Waals surface area contributed by atoms with Crippen molar-refractivity contribution in [2.45, 2.75) is 11.8 Å². The molecule has 0 bridgehead atoms. The third-order valence-electron chi connectivity index (χ3n) is 4.99. The van der Waals surface area contributed by atoms with Gasteiger partial charge >= 0.3 is 0 Å². The minimum absolute atomic E-state index is 0.0552. The number of anilines is 2. The van der Waals surface area contributed by atoms with Crippen LogP contribution in [0.3, 0.4) is 0 Å². The molecule has 2 N–H and O–H groups in total. The maximum Gasteiger partial charge on any atom is 0.262 e. The zero-order chi connectivity index (χ0) is 23.0. The minimum atomic E-state index is -3.84. The van der Waals surface area contributed by atoms with Crippen LogP contribution in [0.4, 0.5) is 10.8 Å². The molecule has 0 spiro atoms. The summed E-state index contributed by atoms with van der Waals surface area (Å²) in [6, 6.07) is 16.5. The number of fused-ring (bicyclic) bond motifs is 2. The van der Waals surface area contributed by atoms with Crippen molar-refractivity contribution in [1.29, 1.82) is 0 Å². The van der Waals surface area contributed by atoms with Gasteiger partial charge in [0.25, 0.3) is 15.9 Å². The molecule has 1 aliphatic rings. The number of sulfonamides is 1.